The summed E-state index contributed by atoms with van der Waals surface area (Å²) in [5.74, 6) is 1.03. The number of sulfone groups is 1. The Bertz CT molecular complexity index is 1070. The highest BCUT2D eigenvalue weighted by atomic mass is 32.2. The van der Waals surface area contributed by atoms with E-state index in [0.717, 1.165) is 36.7 Å². The Labute approximate surface area is 177 Å². The molecule has 0 radical (unpaired) electrons. The van der Waals surface area contributed by atoms with E-state index >= 15 is 0 Å². The van der Waals surface area contributed by atoms with Crippen LogP contribution in [0.4, 0.5) is 0 Å². The highest BCUT2D eigenvalue weighted by Crippen LogP contribution is 2.27. The lowest BCUT2D eigenvalue weighted by atomic mass is 10.0. The molecular formula is C24H25NO4S. The van der Waals surface area contributed by atoms with Gasteiger partial charge in [-0.05, 0) is 35.7 Å². The highest BCUT2D eigenvalue weighted by molar-refractivity contribution is 7.91. The summed E-state index contributed by atoms with van der Waals surface area (Å²) in [6, 6.07) is 17.8. The molecule has 3 rings (SSSR count). The van der Waals surface area contributed by atoms with Gasteiger partial charge in [-0.15, -0.1) is 0 Å². The van der Waals surface area contributed by atoms with Crippen LogP contribution in [0.1, 0.15) is 43.0 Å². The lowest BCUT2D eigenvalue weighted by molar-refractivity contribution is 0.112. The van der Waals surface area contributed by atoms with Gasteiger partial charge < -0.3 is 4.74 Å². The van der Waals surface area contributed by atoms with Crippen LogP contribution in [-0.4, -0.2) is 25.4 Å². The van der Waals surface area contributed by atoms with Gasteiger partial charge in [0.05, 0.1) is 10.6 Å². The number of benzene rings is 2. The third-order valence-corrected chi connectivity index (χ3v) is 6.60. The summed E-state index contributed by atoms with van der Waals surface area (Å²) < 4.78 is 30.5. The van der Waals surface area contributed by atoms with Gasteiger partial charge >= 0.3 is 0 Å². The number of aromatic nitrogens is 1. The van der Waals surface area contributed by atoms with Crippen LogP contribution in [-0.2, 0) is 9.84 Å². The van der Waals surface area contributed by atoms with E-state index in [9.17, 15) is 13.2 Å². The van der Waals surface area contributed by atoms with Crippen molar-refractivity contribution in [1.29, 1.82) is 0 Å². The molecule has 0 saturated heterocycles. The topological polar surface area (TPSA) is 73.3 Å². The van der Waals surface area contributed by atoms with Crippen LogP contribution in [0, 0.1) is 0 Å². The molecule has 0 aliphatic heterocycles. The van der Waals surface area contributed by atoms with Gasteiger partial charge in [-0.2, -0.15) is 0 Å². The third-order valence-electron chi connectivity index (χ3n) is 4.81. The van der Waals surface area contributed by atoms with Gasteiger partial charge in [0.15, 0.2) is 16.1 Å². The van der Waals surface area contributed by atoms with Crippen molar-refractivity contribution >= 4 is 16.1 Å². The van der Waals surface area contributed by atoms with E-state index in [0.29, 0.717) is 23.6 Å². The number of carbonyl (C=O) groups excluding carboxylic acids is 1. The second-order valence-corrected chi connectivity index (χ2v) is 9.15. The third kappa shape index (κ3) is 5.54. The second-order valence-electron chi connectivity index (χ2n) is 7.04. The predicted octanol–water partition coefficient (Wildman–Crippen LogP) is 5.71. The average Bonchev–Trinajstić information content (AvgIpc) is 2.78. The van der Waals surface area contributed by atoms with Crippen LogP contribution in [0.25, 0.3) is 11.1 Å². The van der Waals surface area contributed by atoms with Crippen molar-refractivity contribution in [2.75, 3.05) is 5.75 Å². The number of ether oxygens (including phenoxy) is 1. The molecular weight excluding hydrogens is 398 g/mol. The summed E-state index contributed by atoms with van der Waals surface area (Å²) in [5.41, 5.74) is 2.38. The van der Waals surface area contributed by atoms with Crippen molar-refractivity contribution in [1.82, 2.24) is 4.98 Å². The van der Waals surface area contributed by atoms with E-state index in [1.165, 1.54) is 12.3 Å². The number of carbonyl (C=O) groups is 1. The maximum atomic E-state index is 12.4. The van der Waals surface area contributed by atoms with E-state index in [-0.39, 0.29) is 10.6 Å². The lowest BCUT2D eigenvalue weighted by Gasteiger charge is -2.09. The largest absolute Gasteiger partial charge is 0.439 e. The van der Waals surface area contributed by atoms with E-state index in [1.54, 1.807) is 24.3 Å². The van der Waals surface area contributed by atoms with E-state index in [1.807, 2.05) is 30.3 Å². The molecule has 0 aliphatic carbocycles. The number of pyridine rings is 1. The van der Waals surface area contributed by atoms with Crippen molar-refractivity contribution in [3.63, 3.8) is 0 Å². The first kappa shape index (κ1) is 21.7. The maximum absolute atomic E-state index is 12.4. The first-order valence-electron chi connectivity index (χ1n) is 10.0. The minimum atomic E-state index is -3.32. The van der Waals surface area contributed by atoms with E-state index < -0.39 is 9.84 Å². The molecule has 0 aliphatic rings. The van der Waals surface area contributed by atoms with Gasteiger partial charge in [-0.3, -0.25) is 4.79 Å². The van der Waals surface area contributed by atoms with Crippen LogP contribution in [0.15, 0.2) is 71.8 Å². The van der Waals surface area contributed by atoms with E-state index in [4.69, 9.17) is 4.74 Å². The number of aldehydes is 1. The first-order chi connectivity index (χ1) is 14.5. The molecule has 5 nitrogen and oxygen atoms in total. The molecule has 1 heterocycles. The van der Waals surface area contributed by atoms with Crippen molar-refractivity contribution < 1.29 is 17.9 Å². The zero-order valence-corrected chi connectivity index (χ0v) is 17.8. The number of unbranched alkanes of at least 4 members (excludes halogenated alkanes) is 3. The summed E-state index contributed by atoms with van der Waals surface area (Å²) in [5, 5.41) is 0. The molecule has 0 unspecified atom stereocenters. The highest BCUT2D eigenvalue weighted by Gasteiger charge is 2.15. The molecule has 3 aromatic rings. The minimum Gasteiger partial charge on any atom is -0.439 e. The van der Waals surface area contributed by atoms with Gasteiger partial charge in [-0.1, -0.05) is 62.6 Å². The van der Waals surface area contributed by atoms with Gasteiger partial charge in [0.25, 0.3) is 0 Å². The fourth-order valence-electron chi connectivity index (χ4n) is 3.13. The fraction of sp³-hybridized carbons (Fsp3) is 0.250. The van der Waals surface area contributed by atoms with Crippen molar-refractivity contribution in [3.8, 4) is 22.8 Å². The fourth-order valence-corrected chi connectivity index (χ4v) is 4.44. The molecule has 0 fully saturated rings. The molecule has 0 bridgehead atoms. The number of nitrogens with zero attached hydrogens (tertiary/aromatic N) is 1. The summed E-state index contributed by atoms with van der Waals surface area (Å²) in [4.78, 5) is 15.6. The average molecular weight is 424 g/mol. The van der Waals surface area contributed by atoms with Crippen LogP contribution in [0.5, 0.6) is 11.6 Å². The second kappa shape index (κ2) is 10.2. The van der Waals surface area contributed by atoms with Crippen molar-refractivity contribution in [2.24, 2.45) is 0 Å². The number of rotatable bonds is 10. The van der Waals surface area contributed by atoms with Crippen LogP contribution >= 0.6 is 0 Å². The molecule has 30 heavy (non-hydrogen) atoms. The molecule has 156 valence electrons. The summed E-state index contributed by atoms with van der Waals surface area (Å²) in [6.45, 7) is 2.09. The molecule has 0 amide bonds. The van der Waals surface area contributed by atoms with Crippen molar-refractivity contribution in [2.45, 2.75) is 37.5 Å². The SMILES string of the molecule is CCCCCCS(=O)(=O)c1ccc(Oc2ccc(-c3ccccc3C=O)cc2)nc1. The van der Waals surface area contributed by atoms with Crippen LogP contribution in [0.3, 0.4) is 0 Å². The minimum absolute atomic E-state index is 0.138. The summed E-state index contributed by atoms with van der Waals surface area (Å²) in [7, 11) is -3.32. The van der Waals surface area contributed by atoms with E-state index in [2.05, 4.69) is 11.9 Å². The van der Waals surface area contributed by atoms with Gasteiger partial charge in [-0.25, -0.2) is 13.4 Å². The standard InChI is InChI=1S/C24H25NO4S/c1-2-3-4-7-16-30(27,28)22-14-15-24(25-17-22)29-21-12-10-19(11-13-21)23-9-6-5-8-20(23)18-26/h5-6,8-15,17-18H,2-4,7,16H2,1H3. The monoisotopic (exact) mass is 423 g/mol. The molecule has 0 spiro atoms. The molecule has 0 saturated carbocycles. The molecule has 6 heteroatoms. The van der Waals surface area contributed by atoms with Gasteiger partial charge in [0, 0.05) is 17.8 Å². The molecule has 2 aromatic carbocycles. The summed E-state index contributed by atoms with van der Waals surface area (Å²) in [6.07, 6.45) is 5.87. The Hall–Kier alpha value is -2.99. The molecule has 0 atom stereocenters. The smallest absolute Gasteiger partial charge is 0.219 e. The predicted molar refractivity (Wildman–Crippen MR) is 118 cm³/mol. The number of hydrogen-bond donors (Lipinski definition) is 0. The Morgan fingerprint density at radius 3 is 2.37 bits per heavy atom. The number of hydrogen-bond acceptors (Lipinski definition) is 5. The Balaban J connectivity index is 1.66. The summed E-state index contributed by atoms with van der Waals surface area (Å²) >= 11 is 0. The first-order valence-corrected chi connectivity index (χ1v) is 11.7. The molecule has 0 N–H and O–H groups in total. The van der Waals surface area contributed by atoms with Crippen molar-refractivity contribution in [3.05, 3.63) is 72.4 Å². The molecule has 1 aromatic heterocycles. The van der Waals surface area contributed by atoms with Crippen LogP contribution < -0.4 is 4.74 Å². The zero-order chi connectivity index (χ0) is 21.4. The maximum Gasteiger partial charge on any atom is 0.219 e. The van der Waals surface area contributed by atoms with Gasteiger partial charge in [0.2, 0.25) is 5.88 Å². The van der Waals surface area contributed by atoms with Gasteiger partial charge in [0.1, 0.15) is 5.75 Å². The lowest BCUT2D eigenvalue weighted by Crippen LogP contribution is -2.07. The quantitative estimate of drug-likeness (QED) is 0.309. The Morgan fingerprint density at radius 2 is 1.70 bits per heavy atom. The normalized spacial score (nSPS) is 11.2. The Kier molecular flexibility index (Phi) is 7.36. The van der Waals surface area contributed by atoms with Crippen LogP contribution in [0.2, 0.25) is 0 Å². The zero-order valence-electron chi connectivity index (χ0n) is 17.0. The Morgan fingerprint density at radius 1 is 0.933 bits per heavy atom.